The average molecular weight is 450 g/mol. The molecule has 0 N–H and O–H groups in total. The summed E-state index contributed by atoms with van der Waals surface area (Å²) in [6.07, 6.45) is 0. The SMILES string of the molecule is CC(C)(C)c1ccc2c(c1)C(c1cccc(Br)n1)c1cc(C(C)(C)C)ccc1O2. The van der Waals surface area contributed by atoms with Gasteiger partial charge in [-0.15, -0.1) is 0 Å². The van der Waals surface area contributed by atoms with E-state index in [0.717, 1.165) is 21.8 Å². The predicted octanol–water partition coefficient (Wildman–Crippen LogP) is 7.73. The van der Waals surface area contributed by atoms with Gasteiger partial charge in [0, 0.05) is 11.1 Å². The van der Waals surface area contributed by atoms with Gasteiger partial charge in [0.25, 0.3) is 0 Å². The maximum Gasteiger partial charge on any atom is 0.131 e. The van der Waals surface area contributed by atoms with E-state index in [1.807, 2.05) is 6.07 Å². The number of nitrogens with zero attached hydrogens (tertiary/aromatic N) is 1. The van der Waals surface area contributed by atoms with Crippen LogP contribution in [0.15, 0.2) is 59.2 Å². The standard InChI is InChI=1S/C26H28BrNO/c1-25(2,3)16-10-12-21-18(14-16)24(20-8-7-9-23(27)28-20)19-15-17(26(4,5)6)11-13-22(19)29-21/h7-15,24H,1-6H3. The molecule has 0 saturated carbocycles. The van der Waals surface area contributed by atoms with Crippen molar-refractivity contribution in [1.29, 1.82) is 0 Å². The fourth-order valence-corrected chi connectivity index (χ4v) is 4.21. The van der Waals surface area contributed by atoms with Crippen molar-refractivity contribution in [2.75, 3.05) is 0 Å². The first-order chi connectivity index (χ1) is 13.5. The van der Waals surface area contributed by atoms with Crippen molar-refractivity contribution in [1.82, 2.24) is 4.98 Å². The first-order valence-electron chi connectivity index (χ1n) is 10.1. The minimum atomic E-state index is 0.0378. The topological polar surface area (TPSA) is 22.1 Å². The van der Waals surface area contributed by atoms with E-state index >= 15 is 0 Å². The molecule has 0 unspecified atom stereocenters. The molecule has 2 heterocycles. The quantitative estimate of drug-likeness (QED) is 0.277. The van der Waals surface area contributed by atoms with E-state index in [0.29, 0.717) is 0 Å². The van der Waals surface area contributed by atoms with Gasteiger partial charge in [-0.05, 0) is 62.2 Å². The molecule has 0 radical (unpaired) electrons. The van der Waals surface area contributed by atoms with Gasteiger partial charge in [0.15, 0.2) is 0 Å². The van der Waals surface area contributed by atoms with Crippen molar-refractivity contribution in [2.24, 2.45) is 0 Å². The smallest absolute Gasteiger partial charge is 0.131 e. The van der Waals surface area contributed by atoms with Crippen molar-refractivity contribution in [3.8, 4) is 11.5 Å². The minimum absolute atomic E-state index is 0.0378. The zero-order valence-electron chi connectivity index (χ0n) is 18.0. The van der Waals surface area contributed by atoms with Crippen LogP contribution in [0.5, 0.6) is 11.5 Å². The zero-order valence-corrected chi connectivity index (χ0v) is 19.6. The lowest BCUT2D eigenvalue weighted by Crippen LogP contribution is -2.18. The van der Waals surface area contributed by atoms with Crippen LogP contribution in [0.25, 0.3) is 0 Å². The van der Waals surface area contributed by atoms with Crippen molar-refractivity contribution in [3.05, 3.63) is 87.1 Å². The monoisotopic (exact) mass is 449 g/mol. The highest BCUT2D eigenvalue weighted by Crippen LogP contribution is 2.49. The molecule has 0 saturated heterocycles. The molecule has 0 atom stereocenters. The molecule has 3 heteroatoms. The highest BCUT2D eigenvalue weighted by atomic mass is 79.9. The fraction of sp³-hybridized carbons (Fsp3) is 0.346. The summed E-state index contributed by atoms with van der Waals surface area (Å²) < 4.78 is 7.21. The Kier molecular flexibility index (Phi) is 4.85. The first-order valence-corrected chi connectivity index (χ1v) is 10.9. The van der Waals surface area contributed by atoms with Crippen LogP contribution in [-0.4, -0.2) is 4.98 Å². The molecule has 1 aromatic heterocycles. The number of fused-ring (bicyclic) bond motifs is 2. The zero-order chi connectivity index (χ0) is 21.0. The summed E-state index contributed by atoms with van der Waals surface area (Å²) in [7, 11) is 0. The molecule has 150 valence electrons. The van der Waals surface area contributed by atoms with Crippen LogP contribution in [-0.2, 0) is 10.8 Å². The Bertz CT molecular complexity index is 1010. The van der Waals surface area contributed by atoms with Gasteiger partial charge in [-0.1, -0.05) is 71.9 Å². The molecule has 2 nitrogen and oxygen atoms in total. The third-order valence-corrected chi connectivity index (χ3v) is 6.07. The minimum Gasteiger partial charge on any atom is -0.457 e. The van der Waals surface area contributed by atoms with Crippen LogP contribution < -0.4 is 4.74 Å². The molecule has 2 aromatic carbocycles. The van der Waals surface area contributed by atoms with Gasteiger partial charge in [0.1, 0.15) is 16.1 Å². The van der Waals surface area contributed by atoms with Gasteiger partial charge in [-0.25, -0.2) is 4.98 Å². The summed E-state index contributed by atoms with van der Waals surface area (Å²) in [4.78, 5) is 4.84. The van der Waals surface area contributed by atoms with Crippen LogP contribution in [0, 0.1) is 0 Å². The van der Waals surface area contributed by atoms with Gasteiger partial charge in [0.2, 0.25) is 0 Å². The summed E-state index contributed by atoms with van der Waals surface area (Å²) in [5.41, 5.74) is 6.13. The molecule has 0 bridgehead atoms. The number of ether oxygens (including phenoxy) is 1. The molecule has 0 aliphatic carbocycles. The van der Waals surface area contributed by atoms with Gasteiger partial charge in [-0.2, -0.15) is 0 Å². The lowest BCUT2D eigenvalue weighted by atomic mass is 9.78. The van der Waals surface area contributed by atoms with Gasteiger partial charge in [0.05, 0.1) is 11.6 Å². The van der Waals surface area contributed by atoms with Crippen molar-refractivity contribution >= 4 is 15.9 Å². The lowest BCUT2D eigenvalue weighted by molar-refractivity contribution is 0.448. The molecule has 0 amide bonds. The van der Waals surface area contributed by atoms with E-state index in [9.17, 15) is 0 Å². The van der Waals surface area contributed by atoms with Crippen molar-refractivity contribution in [3.63, 3.8) is 0 Å². The molecular formula is C26H28BrNO. The van der Waals surface area contributed by atoms with Crippen LogP contribution in [0.4, 0.5) is 0 Å². The number of aromatic nitrogens is 1. The second-order valence-corrected chi connectivity index (χ2v) is 10.7. The maximum atomic E-state index is 6.36. The molecule has 0 fully saturated rings. The largest absolute Gasteiger partial charge is 0.457 e. The molecule has 3 aromatic rings. The first kappa shape index (κ1) is 20.2. The summed E-state index contributed by atoms with van der Waals surface area (Å²) in [5, 5.41) is 0. The Hall–Kier alpha value is -2.13. The van der Waals surface area contributed by atoms with Crippen LogP contribution in [0.1, 0.15) is 75.4 Å². The highest BCUT2D eigenvalue weighted by Gasteiger charge is 2.32. The van der Waals surface area contributed by atoms with E-state index < -0.39 is 0 Å². The fourth-order valence-electron chi connectivity index (χ4n) is 3.86. The second-order valence-electron chi connectivity index (χ2n) is 9.93. The van der Waals surface area contributed by atoms with E-state index in [1.54, 1.807) is 0 Å². The molecular weight excluding hydrogens is 422 g/mol. The number of hydrogen-bond donors (Lipinski definition) is 0. The van der Waals surface area contributed by atoms with Crippen molar-refractivity contribution < 1.29 is 4.74 Å². The summed E-state index contributed by atoms with van der Waals surface area (Å²) in [5.74, 6) is 1.87. The third kappa shape index (κ3) is 3.85. The van der Waals surface area contributed by atoms with Gasteiger partial charge in [-0.3, -0.25) is 0 Å². The van der Waals surface area contributed by atoms with E-state index in [1.165, 1.54) is 22.3 Å². The van der Waals surface area contributed by atoms with Crippen molar-refractivity contribution in [2.45, 2.75) is 58.3 Å². The Morgan fingerprint density at radius 3 is 1.72 bits per heavy atom. The summed E-state index contributed by atoms with van der Waals surface area (Å²) in [6, 6.07) is 19.3. The number of halogens is 1. The van der Waals surface area contributed by atoms with Gasteiger partial charge < -0.3 is 4.74 Å². The van der Waals surface area contributed by atoms with Crippen LogP contribution in [0.2, 0.25) is 0 Å². The summed E-state index contributed by atoms with van der Waals surface area (Å²) >= 11 is 3.56. The summed E-state index contributed by atoms with van der Waals surface area (Å²) in [6.45, 7) is 13.5. The molecule has 1 aliphatic rings. The Morgan fingerprint density at radius 1 is 0.759 bits per heavy atom. The van der Waals surface area contributed by atoms with Crippen LogP contribution in [0.3, 0.4) is 0 Å². The van der Waals surface area contributed by atoms with E-state index in [2.05, 4.69) is 106 Å². The Balaban J connectivity index is 1.97. The number of benzene rings is 2. The molecule has 29 heavy (non-hydrogen) atoms. The average Bonchev–Trinajstić information content (AvgIpc) is 2.63. The highest BCUT2D eigenvalue weighted by molar-refractivity contribution is 9.10. The maximum absolute atomic E-state index is 6.36. The Labute approximate surface area is 182 Å². The molecule has 1 aliphatic heterocycles. The van der Waals surface area contributed by atoms with E-state index in [4.69, 9.17) is 9.72 Å². The Morgan fingerprint density at radius 2 is 1.28 bits per heavy atom. The third-order valence-electron chi connectivity index (χ3n) is 5.63. The van der Waals surface area contributed by atoms with E-state index in [-0.39, 0.29) is 16.7 Å². The number of hydrogen-bond acceptors (Lipinski definition) is 2. The lowest BCUT2D eigenvalue weighted by Gasteiger charge is -2.32. The second kappa shape index (κ2) is 6.98. The molecule has 0 spiro atoms. The predicted molar refractivity (Wildman–Crippen MR) is 123 cm³/mol. The van der Waals surface area contributed by atoms with Gasteiger partial charge >= 0.3 is 0 Å². The number of rotatable bonds is 1. The molecule has 4 rings (SSSR count). The number of pyridine rings is 1. The normalized spacial score (nSPS) is 14.2. The van der Waals surface area contributed by atoms with Crippen LogP contribution >= 0.6 is 15.9 Å².